The minimum atomic E-state index is -0.334. The smallest absolute Gasteiger partial charge is 0.329 e. The molecular formula is C12H17NO3. The summed E-state index contributed by atoms with van der Waals surface area (Å²) in [6.45, 7) is 1.03. The second-order valence-corrected chi connectivity index (χ2v) is 4.24. The van der Waals surface area contributed by atoms with Crippen LogP contribution in [0.2, 0.25) is 0 Å². The van der Waals surface area contributed by atoms with E-state index in [1.54, 1.807) is 4.90 Å². The molecule has 2 aliphatic heterocycles. The summed E-state index contributed by atoms with van der Waals surface area (Å²) in [6.07, 6.45) is 7.74. The molecule has 2 heterocycles. The molecule has 16 heavy (non-hydrogen) atoms. The van der Waals surface area contributed by atoms with Crippen molar-refractivity contribution in [1.29, 1.82) is 0 Å². The molecule has 2 rings (SSSR count). The maximum atomic E-state index is 11.9. The Hall–Kier alpha value is -1.32. The highest BCUT2D eigenvalue weighted by Gasteiger charge is 2.34. The molecule has 0 aliphatic carbocycles. The fourth-order valence-corrected chi connectivity index (χ4v) is 2.24. The molecule has 0 aromatic carbocycles. The fraction of sp³-hybridized carbons (Fsp3) is 0.667. The van der Waals surface area contributed by atoms with Crippen LogP contribution in [0.4, 0.5) is 0 Å². The Labute approximate surface area is 95.2 Å². The van der Waals surface area contributed by atoms with Crippen molar-refractivity contribution < 1.29 is 14.3 Å². The Morgan fingerprint density at radius 2 is 2.12 bits per heavy atom. The van der Waals surface area contributed by atoms with E-state index in [0.29, 0.717) is 19.6 Å². The second-order valence-electron chi connectivity index (χ2n) is 4.24. The van der Waals surface area contributed by atoms with Gasteiger partial charge >= 0.3 is 5.97 Å². The molecule has 2 aliphatic rings. The molecule has 0 saturated carbocycles. The predicted octanol–water partition coefficient (Wildman–Crippen LogP) is 1.26. The summed E-state index contributed by atoms with van der Waals surface area (Å²) in [5.74, 6) is -0.160. The molecule has 4 heteroatoms. The highest BCUT2D eigenvalue weighted by Crippen LogP contribution is 2.20. The zero-order chi connectivity index (χ0) is 11.4. The van der Waals surface area contributed by atoms with Crippen molar-refractivity contribution in [2.75, 3.05) is 13.2 Å². The average Bonchev–Trinajstić information content (AvgIpc) is 2.74. The first-order valence-electron chi connectivity index (χ1n) is 5.90. The lowest BCUT2D eigenvalue weighted by molar-refractivity contribution is -0.152. The van der Waals surface area contributed by atoms with E-state index >= 15 is 0 Å². The van der Waals surface area contributed by atoms with Crippen LogP contribution in [0.25, 0.3) is 0 Å². The Kier molecular flexibility index (Phi) is 3.59. The van der Waals surface area contributed by atoms with Crippen LogP contribution in [0.15, 0.2) is 12.2 Å². The van der Waals surface area contributed by atoms with Crippen molar-refractivity contribution in [3.63, 3.8) is 0 Å². The van der Waals surface area contributed by atoms with Crippen molar-refractivity contribution in [2.45, 2.75) is 38.1 Å². The van der Waals surface area contributed by atoms with E-state index < -0.39 is 0 Å². The highest BCUT2D eigenvalue weighted by molar-refractivity contribution is 5.85. The van der Waals surface area contributed by atoms with Gasteiger partial charge in [-0.2, -0.15) is 0 Å². The number of fused-ring (bicyclic) bond motifs is 1. The van der Waals surface area contributed by atoms with E-state index in [2.05, 4.69) is 0 Å². The summed E-state index contributed by atoms with van der Waals surface area (Å²) in [7, 11) is 0. The molecule has 0 aromatic rings. The van der Waals surface area contributed by atoms with Crippen LogP contribution >= 0.6 is 0 Å². The Morgan fingerprint density at radius 1 is 1.25 bits per heavy atom. The van der Waals surface area contributed by atoms with E-state index in [1.807, 2.05) is 12.2 Å². The van der Waals surface area contributed by atoms with Crippen LogP contribution in [0.3, 0.4) is 0 Å². The molecule has 1 atom stereocenters. The number of ether oxygens (including phenoxy) is 1. The van der Waals surface area contributed by atoms with Crippen LogP contribution in [0.1, 0.15) is 32.1 Å². The van der Waals surface area contributed by atoms with Crippen molar-refractivity contribution in [3.8, 4) is 0 Å². The largest absolute Gasteiger partial charge is 0.460 e. The van der Waals surface area contributed by atoms with Gasteiger partial charge in [-0.15, -0.1) is 0 Å². The number of nitrogens with zero attached hydrogens (tertiary/aromatic N) is 1. The van der Waals surface area contributed by atoms with Gasteiger partial charge in [0.25, 0.3) is 0 Å². The van der Waals surface area contributed by atoms with Gasteiger partial charge in [0, 0.05) is 13.0 Å². The first-order chi connectivity index (χ1) is 7.79. The van der Waals surface area contributed by atoms with Crippen LogP contribution in [-0.4, -0.2) is 36.0 Å². The first kappa shape index (κ1) is 11.2. The lowest BCUT2D eigenvalue weighted by Gasteiger charge is -2.22. The zero-order valence-corrected chi connectivity index (χ0v) is 9.35. The lowest BCUT2D eigenvalue weighted by Crippen LogP contribution is -2.41. The molecular weight excluding hydrogens is 206 g/mol. The number of hydrogen-bond donors (Lipinski definition) is 0. The summed E-state index contributed by atoms with van der Waals surface area (Å²) in [6, 6.07) is -0.334. The molecule has 1 saturated heterocycles. The number of rotatable bonds is 0. The fourth-order valence-electron chi connectivity index (χ4n) is 2.24. The van der Waals surface area contributed by atoms with E-state index in [-0.39, 0.29) is 17.9 Å². The van der Waals surface area contributed by atoms with E-state index in [1.165, 1.54) is 0 Å². The predicted molar refractivity (Wildman–Crippen MR) is 58.7 cm³/mol. The number of cyclic esters (lactones) is 1. The maximum absolute atomic E-state index is 11.9. The molecule has 0 aromatic heterocycles. The van der Waals surface area contributed by atoms with Gasteiger partial charge in [-0.25, -0.2) is 4.79 Å². The van der Waals surface area contributed by atoms with Crippen molar-refractivity contribution in [3.05, 3.63) is 12.2 Å². The average molecular weight is 223 g/mol. The normalized spacial score (nSPS) is 27.2. The summed E-state index contributed by atoms with van der Waals surface area (Å²) < 4.78 is 5.12. The molecule has 1 amide bonds. The topological polar surface area (TPSA) is 46.6 Å². The van der Waals surface area contributed by atoms with Crippen LogP contribution < -0.4 is 0 Å². The molecule has 0 radical (unpaired) electrons. The minimum absolute atomic E-state index is 0.0924. The quantitative estimate of drug-likeness (QED) is 0.459. The number of esters is 1. The molecule has 0 N–H and O–H groups in total. The number of carbonyl (C=O) groups is 2. The number of allylic oxidation sites excluding steroid dienone is 1. The van der Waals surface area contributed by atoms with Crippen molar-refractivity contribution >= 4 is 11.9 Å². The second kappa shape index (κ2) is 5.14. The van der Waals surface area contributed by atoms with Crippen LogP contribution in [0, 0.1) is 0 Å². The van der Waals surface area contributed by atoms with Gasteiger partial charge in [0.05, 0.1) is 0 Å². The Morgan fingerprint density at radius 3 is 3.00 bits per heavy atom. The summed E-state index contributed by atoms with van der Waals surface area (Å²) >= 11 is 0. The number of hydrogen-bond acceptors (Lipinski definition) is 3. The van der Waals surface area contributed by atoms with Gasteiger partial charge in [-0.05, 0) is 25.7 Å². The van der Waals surface area contributed by atoms with Gasteiger partial charge in [-0.3, -0.25) is 4.79 Å². The van der Waals surface area contributed by atoms with E-state index in [4.69, 9.17) is 4.74 Å². The lowest BCUT2D eigenvalue weighted by atomic mass is 10.2. The maximum Gasteiger partial charge on any atom is 0.329 e. The SMILES string of the molecule is O=C1OCC=CCCCC(=O)N2CCCC12. The van der Waals surface area contributed by atoms with Crippen LogP contribution in [-0.2, 0) is 14.3 Å². The van der Waals surface area contributed by atoms with E-state index in [9.17, 15) is 9.59 Å². The first-order valence-corrected chi connectivity index (χ1v) is 5.90. The summed E-state index contributed by atoms with van der Waals surface area (Å²) in [4.78, 5) is 25.3. The highest BCUT2D eigenvalue weighted by atomic mass is 16.5. The summed E-state index contributed by atoms with van der Waals surface area (Å²) in [5, 5.41) is 0. The molecule has 0 bridgehead atoms. The van der Waals surface area contributed by atoms with Crippen LogP contribution in [0.5, 0.6) is 0 Å². The Balaban J connectivity index is 2.09. The van der Waals surface area contributed by atoms with Gasteiger partial charge in [0.1, 0.15) is 12.6 Å². The molecule has 0 spiro atoms. The van der Waals surface area contributed by atoms with Crippen molar-refractivity contribution in [1.82, 2.24) is 4.90 Å². The third kappa shape index (κ3) is 2.43. The van der Waals surface area contributed by atoms with Crippen molar-refractivity contribution in [2.24, 2.45) is 0 Å². The zero-order valence-electron chi connectivity index (χ0n) is 9.35. The Bertz CT molecular complexity index is 311. The van der Waals surface area contributed by atoms with Gasteiger partial charge in [0.2, 0.25) is 5.91 Å². The van der Waals surface area contributed by atoms with E-state index in [0.717, 1.165) is 25.7 Å². The monoisotopic (exact) mass is 223 g/mol. The minimum Gasteiger partial charge on any atom is -0.460 e. The number of amides is 1. The third-order valence-corrected chi connectivity index (χ3v) is 3.10. The molecule has 1 unspecified atom stereocenters. The van der Waals surface area contributed by atoms with Gasteiger partial charge < -0.3 is 9.64 Å². The summed E-state index contributed by atoms with van der Waals surface area (Å²) in [5.41, 5.74) is 0. The standard InChI is InChI=1S/C12H17NO3/c14-11-7-3-1-2-4-9-16-12(15)10-6-5-8-13(10)11/h2,4,10H,1,3,5-9H2. The third-order valence-electron chi connectivity index (χ3n) is 3.10. The molecule has 1 fully saturated rings. The molecule has 88 valence electrons. The van der Waals surface area contributed by atoms with Gasteiger partial charge in [-0.1, -0.05) is 12.2 Å². The van der Waals surface area contributed by atoms with Gasteiger partial charge in [0.15, 0.2) is 0 Å². The molecule has 4 nitrogen and oxygen atoms in total. The number of carbonyl (C=O) groups excluding carboxylic acids is 2.